The number of hydrogen-bond acceptors (Lipinski definition) is 4. The molecule has 2 rings (SSSR count). The summed E-state index contributed by atoms with van der Waals surface area (Å²) in [6.45, 7) is 8.79. The fourth-order valence-electron chi connectivity index (χ4n) is 3.47. The predicted molar refractivity (Wildman–Crippen MR) is 73.9 cm³/mol. The van der Waals surface area contributed by atoms with E-state index in [1.807, 2.05) is 0 Å². The molecule has 0 aromatic rings. The summed E-state index contributed by atoms with van der Waals surface area (Å²) >= 11 is 0. The largest absolute Gasteiger partial charge is 0.394 e. The van der Waals surface area contributed by atoms with Gasteiger partial charge in [0, 0.05) is 31.5 Å². The van der Waals surface area contributed by atoms with E-state index in [9.17, 15) is 9.90 Å². The second kappa shape index (κ2) is 6.33. The van der Waals surface area contributed by atoms with Crippen LogP contribution < -0.4 is 0 Å². The van der Waals surface area contributed by atoms with E-state index in [2.05, 4.69) is 25.7 Å². The Morgan fingerprint density at radius 3 is 2.74 bits per heavy atom. The van der Waals surface area contributed by atoms with E-state index >= 15 is 0 Å². The van der Waals surface area contributed by atoms with Crippen molar-refractivity contribution in [2.75, 3.05) is 26.3 Å². The molecule has 19 heavy (non-hydrogen) atoms. The average Bonchev–Trinajstić information content (AvgIpc) is 2.35. The zero-order valence-electron chi connectivity index (χ0n) is 12.3. The van der Waals surface area contributed by atoms with Gasteiger partial charge in [0.2, 0.25) is 0 Å². The summed E-state index contributed by atoms with van der Waals surface area (Å²) < 4.78 is 5.55. The van der Waals surface area contributed by atoms with Crippen molar-refractivity contribution in [2.45, 2.75) is 45.8 Å². The van der Waals surface area contributed by atoms with Crippen LogP contribution in [0.3, 0.4) is 0 Å². The van der Waals surface area contributed by atoms with Gasteiger partial charge in [-0.25, -0.2) is 0 Å². The van der Waals surface area contributed by atoms with E-state index in [1.165, 1.54) is 0 Å². The number of Topliss-reactive ketones (excluding diaryl/α,β-unsaturated/α-hetero) is 1. The molecule has 1 saturated carbocycles. The molecule has 1 aliphatic carbocycles. The van der Waals surface area contributed by atoms with Crippen molar-refractivity contribution in [3.8, 4) is 0 Å². The summed E-state index contributed by atoms with van der Waals surface area (Å²) in [7, 11) is 0. The Kier molecular flexibility index (Phi) is 4.98. The van der Waals surface area contributed by atoms with Crippen molar-refractivity contribution in [3.05, 3.63) is 0 Å². The number of hydrogen-bond donors (Lipinski definition) is 1. The number of ether oxygens (including phenoxy) is 1. The average molecular weight is 269 g/mol. The van der Waals surface area contributed by atoms with Crippen molar-refractivity contribution in [2.24, 2.45) is 17.8 Å². The first kappa shape index (κ1) is 14.9. The minimum atomic E-state index is -0.0934. The normalized spacial score (nSPS) is 41.5. The second-order valence-corrected chi connectivity index (χ2v) is 6.54. The molecule has 2 fully saturated rings. The van der Waals surface area contributed by atoms with Gasteiger partial charge in [0.25, 0.3) is 0 Å². The lowest BCUT2D eigenvalue weighted by Crippen LogP contribution is -2.52. The van der Waals surface area contributed by atoms with Crippen LogP contribution in [0.15, 0.2) is 0 Å². The summed E-state index contributed by atoms with van der Waals surface area (Å²) in [4.78, 5) is 14.6. The molecule has 1 saturated heterocycles. The maximum atomic E-state index is 12.2. The first-order valence-corrected chi connectivity index (χ1v) is 7.50. The lowest BCUT2D eigenvalue weighted by molar-refractivity contribution is -0.131. The Morgan fingerprint density at radius 2 is 2.11 bits per heavy atom. The molecule has 0 aromatic heterocycles. The maximum Gasteiger partial charge on any atom is 0.137 e. The van der Waals surface area contributed by atoms with Crippen molar-refractivity contribution in [3.63, 3.8) is 0 Å². The van der Waals surface area contributed by atoms with Crippen LogP contribution in [-0.4, -0.2) is 54.2 Å². The minimum absolute atomic E-state index is 0.0639. The van der Waals surface area contributed by atoms with Gasteiger partial charge >= 0.3 is 0 Å². The van der Waals surface area contributed by atoms with Crippen LogP contribution in [-0.2, 0) is 9.53 Å². The van der Waals surface area contributed by atoms with Crippen molar-refractivity contribution < 1.29 is 14.6 Å². The Hall–Kier alpha value is -0.450. The standard InChI is InChI=1S/C15H27NO3/c1-10-4-11(2)14(15(18)5-10)7-16-6-13(8-17)19-9-12(16)3/h10-14,17H,4-9H2,1-3H3. The third-order valence-corrected chi connectivity index (χ3v) is 4.69. The lowest BCUT2D eigenvalue weighted by Gasteiger charge is -2.41. The molecule has 1 heterocycles. The first-order chi connectivity index (χ1) is 9.01. The van der Waals surface area contributed by atoms with E-state index in [-0.39, 0.29) is 18.6 Å². The third kappa shape index (κ3) is 3.56. The Bertz CT molecular complexity index is 321. The van der Waals surface area contributed by atoms with Gasteiger partial charge in [-0.2, -0.15) is 0 Å². The summed E-state index contributed by atoms with van der Waals surface area (Å²) in [5, 5.41) is 9.22. The summed E-state index contributed by atoms with van der Waals surface area (Å²) in [6.07, 6.45) is 1.79. The molecule has 0 amide bonds. The molecule has 0 aromatic carbocycles. The number of carbonyl (C=O) groups is 1. The van der Waals surface area contributed by atoms with E-state index in [4.69, 9.17) is 4.74 Å². The molecule has 2 aliphatic rings. The highest BCUT2D eigenvalue weighted by Gasteiger charge is 2.36. The van der Waals surface area contributed by atoms with Gasteiger partial charge in [0.1, 0.15) is 5.78 Å². The molecule has 110 valence electrons. The molecular weight excluding hydrogens is 242 g/mol. The van der Waals surface area contributed by atoms with Gasteiger partial charge in [-0.15, -0.1) is 0 Å². The molecule has 1 aliphatic heterocycles. The number of nitrogens with zero attached hydrogens (tertiary/aromatic N) is 1. The molecule has 5 unspecified atom stereocenters. The van der Waals surface area contributed by atoms with E-state index in [0.29, 0.717) is 30.3 Å². The fraction of sp³-hybridized carbons (Fsp3) is 0.933. The number of aliphatic hydroxyl groups is 1. The summed E-state index contributed by atoms with van der Waals surface area (Å²) in [5.74, 6) is 1.59. The number of carbonyl (C=O) groups excluding carboxylic acids is 1. The molecule has 0 bridgehead atoms. The molecule has 4 nitrogen and oxygen atoms in total. The van der Waals surface area contributed by atoms with Crippen LogP contribution in [0.4, 0.5) is 0 Å². The monoisotopic (exact) mass is 269 g/mol. The molecule has 0 spiro atoms. The first-order valence-electron chi connectivity index (χ1n) is 7.50. The zero-order chi connectivity index (χ0) is 14.0. The van der Waals surface area contributed by atoms with E-state index in [1.54, 1.807) is 0 Å². The van der Waals surface area contributed by atoms with Crippen LogP contribution >= 0.6 is 0 Å². The highest BCUT2D eigenvalue weighted by atomic mass is 16.5. The van der Waals surface area contributed by atoms with Gasteiger partial charge in [0.15, 0.2) is 0 Å². The van der Waals surface area contributed by atoms with E-state index in [0.717, 1.165) is 25.9 Å². The highest BCUT2D eigenvalue weighted by molar-refractivity contribution is 5.82. The Labute approximate surface area is 116 Å². The lowest BCUT2D eigenvalue weighted by atomic mass is 9.74. The smallest absolute Gasteiger partial charge is 0.137 e. The molecular formula is C15H27NO3. The van der Waals surface area contributed by atoms with Crippen LogP contribution in [0.5, 0.6) is 0 Å². The topological polar surface area (TPSA) is 49.8 Å². The SMILES string of the molecule is CC1CC(=O)C(CN2CC(CO)OCC2C)C(C)C1. The molecule has 4 heteroatoms. The minimum Gasteiger partial charge on any atom is -0.394 e. The van der Waals surface area contributed by atoms with Crippen LogP contribution in [0.2, 0.25) is 0 Å². The number of aliphatic hydroxyl groups excluding tert-OH is 1. The summed E-state index contributed by atoms with van der Waals surface area (Å²) in [6, 6.07) is 0.335. The van der Waals surface area contributed by atoms with Gasteiger partial charge in [-0.05, 0) is 25.2 Å². The third-order valence-electron chi connectivity index (χ3n) is 4.69. The maximum absolute atomic E-state index is 12.2. The summed E-state index contributed by atoms with van der Waals surface area (Å²) in [5.41, 5.74) is 0. The molecule has 0 radical (unpaired) electrons. The van der Waals surface area contributed by atoms with Crippen LogP contribution in [0.1, 0.15) is 33.6 Å². The fourth-order valence-corrected chi connectivity index (χ4v) is 3.47. The van der Waals surface area contributed by atoms with Gasteiger partial charge in [-0.3, -0.25) is 9.69 Å². The second-order valence-electron chi connectivity index (χ2n) is 6.54. The van der Waals surface area contributed by atoms with Gasteiger partial charge < -0.3 is 9.84 Å². The van der Waals surface area contributed by atoms with Crippen LogP contribution in [0, 0.1) is 17.8 Å². The number of rotatable bonds is 3. The van der Waals surface area contributed by atoms with Crippen molar-refractivity contribution in [1.29, 1.82) is 0 Å². The molecule has 5 atom stereocenters. The van der Waals surface area contributed by atoms with Gasteiger partial charge in [-0.1, -0.05) is 13.8 Å². The quantitative estimate of drug-likeness (QED) is 0.839. The predicted octanol–water partition coefficient (Wildman–Crippen LogP) is 1.32. The number of ketones is 1. The molecule has 1 N–H and O–H groups in total. The van der Waals surface area contributed by atoms with E-state index < -0.39 is 0 Å². The van der Waals surface area contributed by atoms with Gasteiger partial charge in [0.05, 0.1) is 19.3 Å². The zero-order valence-corrected chi connectivity index (χ0v) is 12.3. The van der Waals surface area contributed by atoms with Crippen molar-refractivity contribution >= 4 is 5.78 Å². The Morgan fingerprint density at radius 1 is 1.37 bits per heavy atom. The highest BCUT2D eigenvalue weighted by Crippen LogP contribution is 2.32. The Balaban J connectivity index is 1.96. The number of morpholine rings is 1. The van der Waals surface area contributed by atoms with Crippen molar-refractivity contribution in [1.82, 2.24) is 4.90 Å². The van der Waals surface area contributed by atoms with Crippen LogP contribution in [0.25, 0.3) is 0 Å².